The Morgan fingerprint density at radius 1 is 0.864 bits per heavy atom. The third-order valence-electron chi connectivity index (χ3n) is 8.19. The molecule has 44 heavy (non-hydrogen) atoms. The van der Waals surface area contributed by atoms with Crippen molar-refractivity contribution in [1.82, 2.24) is 4.98 Å². The van der Waals surface area contributed by atoms with Gasteiger partial charge < -0.3 is 20.3 Å². The monoisotopic (exact) mass is 652 g/mol. The summed E-state index contributed by atoms with van der Waals surface area (Å²) in [6.07, 6.45) is 8.50. The number of aromatic nitrogens is 1. The number of hydrogen-bond acceptors (Lipinski definition) is 7. The van der Waals surface area contributed by atoms with Crippen molar-refractivity contribution in [2.45, 2.75) is 65.6 Å². The van der Waals surface area contributed by atoms with Gasteiger partial charge in [0.1, 0.15) is 0 Å². The molecule has 11 heteroatoms. The maximum absolute atomic E-state index is 12.2. The van der Waals surface area contributed by atoms with Crippen LogP contribution in [0.15, 0.2) is 83.9 Å². The molecule has 5 heterocycles. The summed E-state index contributed by atoms with van der Waals surface area (Å²) in [4.78, 5) is 42.6. The van der Waals surface area contributed by atoms with Crippen LogP contribution in [0.5, 0.6) is 0 Å². The molecule has 0 spiro atoms. The summed E-state index contributed by atoms with van der Waals surface area (Å²) < 4.78 is 0. The Hall–Kier alpha value is -3.92. The van der Waals surface area contributed by atoms with Crippen LogP contribution < -0.4 is 20.8 Å². The van der Waals surface area contributed by atoms with E-state index in [9.17, 15) is 24.9 Å². The van der Waals surface area contributed by atoms with Crippen molar-refractivity contribution in [2.75, 3.05) is 0 Å². The number of nitrogens with zero attached hydrogens (tertiary/aromatic N) is 4. The molecule has 2 N–H and O–H groups in total. The molecule has 0 aliphatic carbocycles. The van der Waals surface area contributed by atoms with E-state index in [0.29, 0.717) is 56.1 Å². The van der Waals surface area contributed by atoms with E-state index in [2.05, 4.69) is 0 Å². The number of carboxylic acids is 2. The van der Waals surface area contributed by atoms with Crippen molar-refractivity contribution in [2.24, 2.45) is 15.0 Å². The Kier molecular flexibility index (Phi) is 9.73. The number of thiol groups is 1. The van der Waals surface area contributed by atoms with Gasteiger partial charge in [0.15, 0.2) is 0 Å². The molecule has 1 aromatic rings. The third kappa shape index (κ3) is 6.17. The van der Waals surface area contributed by atoms with E-state index >= 15 is 0 Å². The van der Waals surface area contributed by atoms with Gasteiger partial charge in [-0.3, -0.25) is 9.59 Å². The molecule has 0 unspecified atom stereocenters. The molecule has 9 nitrogen and oxygen atoms in total. The summed E-state index contributed by atoms with van der Waals surface area (Å²) in [5.74, 6) is -1.84. The Morgan fingerprint density at radius 2 is 1.48 bits per heavy atom. The van der Waals surface area contributed by atoms with Crippen LogP contribution in [0.2, 0.25) is 0 Å². The van der Waals surface area contributed by atoms with E-state index in [1.54, 1.807) is 0 Å². The van der Waals surface area contributed by atoms with Gasteiger partial charge in [0.05, 0.1) is 34.2 Å². The van der Waals surface area contributed by atoms with E-state index in [-0.39, 0.29) is 48.0 Å². The SMILES string of the molecule is CC1=C(CCC(=O)O)C2=NC1=CC1=NC(=CC3=NC(=C(C)/C3=C\[O-])C=c3[n-]c(c(CCC(=O)O)c3C)=C2)C(C)=C1[C@H](C)S.[Fe+2]. The molecule has 0 saturated carbocycles. The van der Waals surface area contributed by atoms with Gasteiger partial charge in [-0.15, -0.1) is 17.0 Å². The second-order valence-corrected chi connectivity index (χ2v) is 11.7. The molecular weight excluding hydrogens is 620 g/mol. The third-order valence-corrected chi connectivity index (χ3v) is 8.45. The first-order valence-electron chi connectivity index (χ1n) is 14.0. The predicted molar refractivity (Wildman–Crippen MR) is 169 cm³/mol. The summed E-state index contributed by atoms with van der Waals surface area (Å²) in [6.45, 7) is 9.57. The first-order valence-corrected chi connectivity index (χ1v) is 14.5. The van der Waals surface area contributed by atoms with E-state index < -0.39 is 11.9 Å². The molecular formula is C33H32FeN4O5S. The minimum absolute atomic E-state index is 0. The fraction of sp³-hybridized carbons (Fsp3) is 0.303. The zero-order valence-electron chi connectivity index (χ0n) is 25.0. The maximum atomic E-state index is 12.2. The number of allylic oxidation sites excluding steroid dienone is 8. The summed E-state index contributed by atoms with van der Waals surface area (Å²) in [6, 6.07) is 0. The first kappa shape index (κ1) is 33.0. The Bertz CT molecular complexity index is 1890. The Morgan fingerprint density at radius 3 is 2.11 bits per heavy atom. The summed E-state index contributed by atoms with van der Waals surface area (Å²) in [5, 5.41) is 32.1. The maximum Gasteiger partial charge on any atom is 2.00 e. The van der Waals surface area contributed by atoms with Crippen LogP contribution in [0.1, 0.15) is 58.1 Å². The van der Waals surface area contributed by atoms with Crippen molar-refractivity contribution in [3.8, 4) is 0 Å². The number of carboxylic acid groups (broad SMARTS) is 2. The van der Waals surface area contributed by atoms with Crippen molar-refractivity contribution in [3.05, 3.63) is 90.8 Å². The van der Waals surface area contributed by atoms with E-state index in [1.165, 1.54) is 0 Å². The van der Waals surface area contributed by atoms with Gasteiger partial charge in [-0.1, -0.05) is 23.3 Å². The molecule has 4 aliphatic rings. The van der Waals surface area contributed by atoms with Crippen molar-refractivity contribution >= 4 is 53.9 Å². The molecule has 0 saturated heterocycles. The standard InChI is InChI=1S/C33H34N4O5S.Fe/c1-15-20(6-8-31(39)40)27-13-28-21(7-9-32(41)42)16(2)25(35-28)12-30-33(19(5)43)18(4)26(37-30)11-29-22(14-38)17(3)24(36-29)10-23(15)34-27;/h10-14,19H,6-9H2,1-5H3,(H5,34,35,36,37,38,39,40,41,42,43);/q;+2/p-2/t19-;/m0./s1. The number of aliphatic carboxylic acids is 2. The molecule has 0 radical (unpaired) electrons. The largest absolute Gasteiger partial charge is 2.00 e. The Balaban J connectivity index is 0.00000442. The van der Waals surface area contributed by atoms with E-state index in [0.717, 1.165) is 39.7 Å². The van der Waals surface area contributed by atoms with Crippen molar-refractivity contribution in [3.63, 3.8) is 0 Å². The minimum Gasteiger partial charge on any atom is -0.877 e. The van der Waals surface area contributed by atoms with Crippen LogP contribution in [0.25, 0.3) is 12.2 Å². The van der Waals surface area contributed by atoms with Gasteiger partial charge in [0.25, 0.3) is 0 Å². The molecule has 0 aromatic carbocycles. The van der Waals surface area contributed by atoms with Crippen LogP contribution in [0.3, 0.4) is 0 Å². The van der Waals surface area contributed by atoms with Gasteiger partial charge in [-0.2, -0.15) is 12.6 Å². The molecule has 4 aliphatic heterocycles. The summed E-state index contributed by atoms with van der Waals surface area (Å²) in [7, 11) is 0. The summed E-state index contributed by atoms with van der Waals surface area (Å²) >= 11 is 4.73. The molecule has 0 fully saturated rings. The fourth-order valence-electron chi connectivity index (χ4n) is 5.77. The first-order chi connectivity index (χ1) is 20.4. The normalized spacial score (nSPS) is 19.1. The smallest absolute Gasteiger partial charge is 0.877 e. The van der Waals surface area contributed by atoms with Crippen LogP contribution in [-0.4, -0.2) is 44.5 Å². The molecule has 1 aromatic heterocycles. The second-order valence-electron chi connectivity index (χ2n) is 11.0. The van der Waals surface area contributed by atoms with Gasteiger partial charge in [-0.25, -0.2) is 15.0 Å². The average Bonchev–Trinajstić information content (AvgIpc) is 3.59. The van der Waals surface area contributed by atoms with E-state index in [4.69, 9.17) is 32.6 Å². The van der Waals surface area contributed by atoms with Gasteiger partial charge in [0, 0.05) is 18.1 Å². The quantitative estimate of drug-likeness (QED) is 0.234. The van der Waals surface area contributed by atoms with Crippen LogP contribution in [0.4, 0.5) is 0 Å². The number of fused-ring (bicyclic) bond motifs is 5. The zero-order valence-corrected chi connectivity index (χ0v) is 27.0. The van der Waals surface area contributed by atoms with Crippen LogP contribution in [-0.2, 0) is 33.1 Å². The van der Waals surface area contributed by atoms with E-state index in [1.807, 2.05) is 58.9 Å². The number of carbonyl (C=O) groups is 2. The van der Waals surface area contributed by atoms with Gasteiger partial charge in [-0.05, 0) is 93.1 Å². The Labute approximate surface area is 271 Å². The number of hydrogen-bond donors (Lipinski definition) is 3. The van der Waals surface area contributed by atoms with Gasteiger partial charge in [0.2, 0.25) is 0 Å². The molecule has 0 amide bonds. The molecule has 228 valence electrons. The zero-order chi connectivity index (χ0) is 31.2. The van der Waals surface area contributed by atoms with Crippen LogP contribution >= 0.6 is 12.6 Å². The topological polar surface area (TPSA) is 149 Å². The average molecular weight is 653 g/mol. The number of rotatable bonds is 7. The van der Waals surface area contributed by atoms with Crippen molar-refractivity contribution < 1.29 is 42.0 Å². The molecule has 1 atom stereocenters. The van der Waals surface area contributed by atoms with Crippen LogP contribution in [0, 0.1) is 6.92 Å². The molecule has 5 rings (SSSR count). The molecule has 8 bridgehead atoms. The minimum atomic E-state index is -0.924. The van der Waals surface area contributed by atoms with Gasteiger partial charge >= 0.3 is 29.0 Å². The summed E-state index contributed by atoms with van der Waals surface area (Å²) in [5.41, 5.74) is 9.90. The number of aliphatic imine (C=N–C) groups is 3. The second kappa shape index (κ2) is 13.0. The fourth-order valence-corrected chi connectivity index (χ4v) is 6.10. The van der Waals surface area contributed by atoms with Crippen molar-refractivity contribution in [1.29, 1.82) is 0 Å². The predicted octanol–water partition coefficient (Wildman–Crippen LogP) is 3.01.